The van der Waals surface area contributed by atoms with Crippen molar-refractivity contribution in [1.82, 2.24) is 10.2 Å². The van der Waals surface area contributed by atoms with Crippen molar-refractivity contribution >= 4 is 17.7 Å². The summed E-state index contributed by atoms with van der Waals surface area (Å²) in [4.78, 5) is 14.3. The van der Waals surface area contributed by atoms with Gasteiger partial charge in [-0.1, -0.05) is 20.8 Å². The first-order chi connectivity index (χ1) is 7.97. The molecule has 0 saturated carbocycles. The van der Waals surface area contributed by atoms with Crippen LogP contribution >= 0.6 is 11.8 Å². The summed E-state index contributed by atoms with van der Waals surface area (Å²) in [6.45, 7) is 10.1. The lowest BCUT2D eigenvalue weighted by Gasteiger charge is -2.34. The maximum absolute atomic E-state index is 12.3. The molecular weight excluding hydrogens is 232 g/mol. The van der Waals surface area contributed by atoms with Gasteiger partial charge in [-0.3, -0.25) is 10.1 Å². The van der Waals surface area contributed by atoms with E-state index in [0.29, 0.717) is 6.67 Å². The molecule has 4 heteroatoms. The van der Waals surface area contributed by atoms with E-state index in [0.717, 1.165) is 25.8 Å². The molecule has 1 rings (SSSR count). The van der Waals surface area contributed by atoms with E-state index < -0.39 is 0 Å². The van der Waals surface area contributed by atoms with Crippen molar-refractivity contribution in [1.29, 1.82) is 0 Å². The van der Waals surface area contributed by atoms with E-state index in [2.05, 4.69) is 32.3 Å². The van der Waals surface area contributed by atoms with Crippen LogP contribution in [0.2, 0.25) is 0 Å². The molecule has 0 aromatic rings. The van der Waals surface area contributed by atoms with Gasteiger partial charge in [0.15, 0.2) is 0 Å². The molecule has 0 aliphatic carbocycles. The van der Waals surface area contributed by atoms with Crippen LogP contribution in [0.1, 0.15) is 47.0 Å². The molecule has 0 aromatic carbocycles. The van der Waals surface area contributed by atoms with E-state index in [1.54, 1.807) is 0 Å². The van der Waals surface area contributed by atoms with Crippen molar-refractivity contribution < 1.29 is 4.79 Å². The normalized spacial score (nSPS) is 25.7. The van der Waals surface area contributed by atoms with Crippen LogP contribution in [0.15, 0.2) is 0 Å². The van der Waals surface area contributed by atoms with Crippen LogP contribution in [-0.4, -0.2) is 40.6 Å². The van der Waals surface area contributed by atoms with Gasteiger partial charge in [-0.25, -0.2) is 0 Å². The Bertz CT molecular complexity index is 270. The first-order valence-corrected chi connectivity index (χ1v) is 7.79. The van der Waals surface area contributed by atoms with Gasteiger partial charge in [0, 0.05) is 11.3 Å². The molecule has 1 N–H and O–H groups in total. The number of carbonyl (C=O) groups is 1. The zero-order chi connectivity index (χ0) is 13.1. The Kier molecular flexibility index (Phi) is 4.90. The van der Waals surface area contributed by atoms with Crippen molar-refractivity contribution in [3.05, 3.63) is 0 Å². The Hall–Kier alpha value is -0.220. The Labute approximate surface area is 110 Å². The van der Waals surface area contributed by atoms with Gasteiger partial charge in [0.1, 0.15) is 0 Å². The fraction of sp³-hybridized carbons (Fsp3) is 0.923. The molecular formula is C13H26N2OS. The minimum atomic E-state index is -0.342. The smallest absolute Gasteiger partial charge is 0.243 e. The maximum Gasteiger partial charge on any atom is 0.243 e. The van der Waals surface area contributed by atoms with E-state index in [9.17, 15) is 4.79 Å². The second kappa shape index (κ2) is 5.61. The molecule has 1 unspecified atom stereocenters. The number of nitrogens with zero attached hydrogens (tertiary/aromatic N) is 1. The van der Waals surface area contributed by atoms with Gasteiger partial charge in [0.25, 0.3) is 0 Å². The summed E-state index contributed by atoms with van der Waals surface area (Å²) in [5, 5.41) is 3.34. The second-order valence-electron chi connectivity index (χ2n) is 5.12. The number of carbonyl (C=O) groups excluding carboxylic acids is 1. The Morgan fingerprint density at radius 1 is 1.41 bits per heavy atom. The van der Waals surface area contributed by atoms with Gasteiger partial charge in [-0.05, 0) is 32.4 Å². The summed E-state index contributed by atoms with van der Waals surface area (Å²) >= 11 is 1.89. The molecule has 100 valence electrons. The number of nitrogens with one attached hydrogen (secondary N) is 1. The molecule has 1 fully saturated rings. The van der Waals surface area contributed by atoms with Crippen LogP contribution in [0.25, 0.3) is 0 Å². The average molecular weight is 258 g/mol. The lowest BCUT2D eigenvalue weighted by atomic mass is 9.97. The predicted octanol–water partition coefficient (Wildman–Crippen LogP) is 2.47. The van der Waals surface area contributed by atoms with Crippen LogP contribution in [0, 0.1) is 0 Å². The van der Waals surface area contributed by atoms with Crippen LogP contribution in [0.5, 0.6) is 0 Å². The zero-order valence-corrected chi connectivity index (χ0v) is 12.6. The van der Waals surface area contributed by atoms with Crippen molar-refractivity contribution in [3.63, 3.8) is 0 Å². The van der Waals surface area contributed by atoms with E-state index in [4.69, 9.17) is 0 Å². The highest BCUT2D eigenvalue weighted by molar-refractivity contribution is 8.00. The topological polar surface area (TPSA) is 32.3 Å². The van der Waals surface area contributed by atoms with Crippen LogP contribution in [-0.2, 0) is 4.79 Å². The van der Waals surface area contributed by atoms with Crippen molar-refractivity contribution in [2.75, 3.05) is 19.5 Å². The third kappa shape index (κ3) is 2.79. The van der Waals surface area contributed by atoms with E-state index >= 15 is 0 Å². The minimum absolute atomic E-state index is 0.219. The number of thioether (sulfide) groups is 1. The summed E-state index contributed by atoms with van der Waals surface area (Å²) in [7, 11) is 0. The van der Waals surface area contributed by atoms with Crippen molar-refractivity contribution in [2.24, 2.45) is 0 Å². The predicted molar refractivity (Wildman–Crippen MR) is 75.2 cm³/mol. The van der Waals surface area contributed by atoms with E-state index in [1.165, 1.54) is 0 Å². The zero-order valence-electron chi connectivity index (χ0n) is 11.8. The molecule has 1 saturated heterocycles. The number of amides is 1. The van der Waals surface area contributed by atoms with Gasteiger partial charge >= 0.3 is 0 Å². The highest BCUT2D eigenvalue weighted by Crippen LogP contribution is 2.33. The first-order valence-electron chi connectivity index (χ1n) is 6.56. The maximum atomic E-state index is 12.3. The Balaban J connectivity index is 2.74. The summed E-state index contributed by atoms with van der Waals surface area (Å²) in [5.41, 5.74) is -0.342. The average Bonchev–Trinajstić information content (AvgIpc) is 2.65. The van der Waals surface area contributed by atoms with Crippen LogP contribution in [0.3, 0.4) is 0 Å². The highest BCUT2D eigenvalue weighted by atomic mass is 32.2. The third-order valence-electron chi connectivity index (χ3n) is 4.33. The molecule has 0 bridgehead atoms. The molecule has 1 amide bonds. The van der Waals surface area contributed by atoms with Crippen LogP contribution < -0.4 is 5.32 Å². The summed E-state index contributed by atoms with van der Waals surface area (Å²) in [5.74, 6) is 0.264. The third-order valence-corrected chi connectivity index (χ3v) is 5.90. The fourth-order valence-corrected chi connectivity index (χ4v) is 3.21. The van der Waals surface area contributed by atoms with Crippen molar-refractivity contribution in [2.45, 2.75) is 57.2 Å². The van der Waals surface area contributed by atoms with Gasteiger partial charge in [0.05, 0.1) is 12.2 Å². The first kappa shape index (κ1) is 14.8. The fourth-order valence-electron chi connectivity index (χ4n) is 2.34. The van der Waals surface area contributed by atoms with Gasteiger partial charge in [-0.15, -0.1) is 0 Å². The summed E-state index contributed by atoms with van der Waals surface area (Å²) < 4.78 is 0.219. The molecule has 1 heterocycles. The highest BCUT2D eigenvalue weighted by Gasteiger charge is 2.43. The molecule has 1 aliphatic heterocycles. The lowest BCUT2D eigenvalue weighted by Crippen LogP contribution is -2.45. The van der Waals surface area contributed by atoms with Gasteiger partial charge in [-0.2, -0.15) is 11.8 Å². The lowest BCUT2D eigenvalue weighted by molar-refractivity contribution is -0.132. The van der Waals surface area contributed by atoms with E-state index in [-0.39, 0.29) is 16.2 Å². The Morgan fingerprint density at radius 3 is 2.35 bits per heavy atom. The Morgan fingerprint density at radius 2 is 2.00 bits per heavy atom. The molecule has 3 nitrogen and oxygen atoms in total. The molecule has 0 radical (unpaired) electrons. The molecule has 0 aromatic heterocycles. The largest absolute Gasteiger partial charge is 0.327 e. The SMILES string of the molecule is CCC(CC)(CN1CNC(C)(CC)C1=O)SC. The standard InChI is InChI=1S/C13H26N2OS/c1-6-12(4)11(16)15(10-14-12)9-13(7-2,8-3)17-5/h14H,6-10H2,1-5H3. The number of rotatable bonds is 6. The van der Waals surface area contributed by atoms with Crippen molar-refractivity contribution in [3.8, 4) is 0 Å². The molecule has 1 atom stereocenters. The number of hydrogen-bond donors (Lipinski definition) is 1. The quantitative estimate of drug-likeness (QED) is 0.794. The molecule has 0 spiro atoms. The van der Waals surface area contributed by atoms with E-state index in [1.807, 2.05) is 23.6 Å². The molecule has 1 aliphatic rings. The van der Waals surface area contributed by atoms with Gasteiger partial charge < -0.3 is 4.90 Å². The summed E-state index contributed by atoms with van der Waals surface area (Å²) in [6, 6.07) is 0. The molecule has 17 heavy (non-hydrogen) atoms. The summed E-state index contributed by atoms with van der Waals surface area (Å²) in [6.07, 6.45) is 5.22. The van der Waals surface area contributed by atoms with Crippen LogP contribution in [0.4, 0.5) is 0 Å². The van der Waals surface area contributed by atoms with Gasteiger partial charge in [0.2, 0.25) is 5.91 Å². The second-order valence-corrected chi connectivity index (χ2v) is 6.39. The number of hydrogen-bond acceptors (Lipinski definition) is 3. The minimum Gasteiger partial charge on any atom is -0.327 e. The monoisotopic (exact) mass is 258 g/mol.